The van der Waals surface area contributed by atoms with Crippen LogP contribution >= 0.6 is 0 Å². The van der Waals surface area contributed by atoms with Crippen molar-refractivity contribution in [3.63, 3.8) is 0 Å². The molecule has 0 aromatic heterocycles. The van der Waals surface area contributed by atoms with E-state index in [0.29, 0.717) is 24.7 Å². The number of ether oxygens (including phenoxy) is 3. The predicted octanol–water partition coefficient (Wildman–Crippen LogP) is 7.94. The van der Waals surface area contributed by atoms with E-state index in [9.17, 15) is 9.59 Å². The first-order valence-corrected chi connectivity index (χ1v) is 17.2. The molecule has 0 bridgehead atoms. The summed E-state index contributed by atoms with van der Waals surface area (Å²) in [5.74, 6) is 0.241. The highest BCUT2D eigenvalue weighted by Gasteiger charge is 2.41. The Morgan fingerprint density at radius 1 is 1.05 bits per heavy atom. The molecule has 0 aliphatic carbocycles. The third-order valence-electron chi connectivity index (χ3n) is 7.96. The number of anilines is 1. The van der Waals surface area contributed by atoms with Gasteiger partial charge in [-0.2, -0.15) is 0 Å². The van der Waals surface area contributed by atoms with Crippen LogP contribution < -0.4 is 9.64 Å². The van der Waals surface area contributed by atoms with Crippen molar-refractivity contribution in [2.24, 2.45) is 11.8 Å². The van der Waals surface area contributed by atoms with Gasteiger partial charge in [-0.25, -0.2) is 4.79 Å². The smallest absolute Gasteiger partial charge is 0.418 e. The fraction of sp³-hybridized carbons (Fsp3) is 0.515. The number of cyclic esters (lactones) is 1. The Morgan fingerprint density at radius 3 is 2.24 bits per heavy atom. The Balaban J connectivity index is 2.01. The highest BCUT2D eigenvalue weighted by molar-refractivity contribution is 6.74. The molecule has 1 aliphatic rings. The lowest BCUT2D eigenvalue weighted by molar-refractivity contribution is -0.154. The van der Waals surface area contributed by atoms with Crippen LogP contribution in [0.2, 0.25) is 18.1 Å². The number of carbonyl (C=O) groups excluding carboxylic acids is 2. The summed E-state index contributed by atoms with van der Waals surface area (Å²) in [5, 5.41) is 0.0683. The molecule has 2 aromatic rings. The summed E-state index contributed by atoms with van der Waals surface area (Å²) in [5.41, 5.74) is 1.02. The van der Waals surface area contributed by atoms with E-state index < -0.39 is 20.0 Å². The highest BCUT2D eigenvalue weighted by atomic mass is 28.4. The second-order valence-corrected chi connectivity index (χ2v) is 18.0. The number of hydrogen-bond donors (Lipinski definition) is 0. The maximum Gasteiger partial charge on any atom is 0.418 e. The van der Waals surface area contributed by atoms with Gasteiger partial charge in [0.05, 0.1) is 19.4 Å². The molecule has 0 radical (unpaired) electrons. The summed E-state index contributed by atoms with van der Waals surface area (Å²) in [4.78, 5) is 27.5. The average molecular weight is 582 g/mol. The van der Waals surface area contributed by atoms with Crippen LogP contribution in [0.25, 0.3) is 0 Å². The van der Waals surface area contributed by atoms with E-state index in [1.807, 2.05) is 57.2 Å². The number of rotatable bonds is 9. The lowest BCUT2D eigenvalue weighted by atomic mass is 9.75. The summed E-state index contributed by atoms with van der Waals surface area (Å²) < 4.78 is 23.2. The second-order valence-electron chi connectivity index (χ2n) is 13.2. The molecule has 0 spiro atoms. The van der Waals surface area contributed by atoms with E-state index >= 15 is 0 Å². The maximum atomic E-state index is 13.4. The third kappa shape index (κ3) is 8.94. The quantitative estimate of drug-likeness (QED) is 0.221. The molecule has 224 valence electrons. The van der Waals surface area contributed by atoms with Gasteiger partial charge in [0.15, 0.2) is 8.32 Å². The molecular weight excluding hydrogens is 534 g/mol. The summed E-state index contributed by atoms with van der Waals surface area (Å²) in [6, 6.07) is 17.3. The van der Waals surface area contributed by atoms with Crippen LogP contribution in [0.15, 0.2) is 66.9 Å². The number of allylic oxidation sites excluding steroid dienone is 1. The van der Waals surface area contributed by atoms with Crippen molar-refractivity contribution < 1.29 is 28.2 Å². The first kappa shape index (κ1) is 32.4. The minimum absolute atomic E-state index is 0.00708. The van der Waals surface area contributed by atoms with Gasteiger partial charge in [0.25, 0.3) is 0 Å². The molecule has 0 saturated carbocycles. The zero-order valence-electron chi connectivity index (χ0n) is 26.1. The van der Waals surface area contributed by atoms with Crippen LogP contribution in [0, 0.1) is 11.8 Å². The van der Waals surface area contributed by atoms with Crippen molar-refractivity contribution in [1.82, 2.24) is 0 Å². The first-order valence-electron chi connectivity index (χ1n) is 14.3. The number of amides is 1. The SMILES string of the molecule is COc1ccc(N(/C=C\[C@H](c2ccccc2)[C@H]2CC(=O)OC[C@@H]2CO[Si](C)(C)C(C)(C)C)C(=O)OC(C)(C)C)cc1. The molecule has 0 N–H and O–H groups in total. The van der Waals surface area contributed by atoms with Crippen LogP contribution in [0.1, 0.15) is 59.4 Å². The molecule has 1 saturated heterocycles. The Labute approximate surface area is 246 Å². The van der Waals surface area contributed by atoms with Crippen molar-refractivity contribution >= 4 is 26.1 Å². The maximum absolute atomic E-state index is 13.4. The Hall–Kier alpha value is -3.10. The van der Waals surface area contributed by atoms with E-state index in [1.54, 1.807) is 25.4 Å². The molecule has 1 amide bonds. The van der Waals surface area contributed by atoms with Gasteiger partial charge in [-0.05, 0) is 74.7 Å². The van der Waals surface area contributed by atoms with Crippen molar-refractivity contribution in [2.45, 2.75) is 77.6 Å². The lowest BCUT2D eigenvalue weighted by Crippen LogP contribution is -2.45. The fourth-order valence-electron chi connectivity index (χ4n) is 4.53. The minimum atomic E-state index is -2.01. The average Bonchev–Trinajstić information content (AvgIpc) is 2.89. The van der Waals surface area contributed by atoms with Crippen LogP contribution in [0.5, 0.6) is 5.75 Å². The van der Waals surface area contributed by atoms with Gasteiger partial charge >= 0.3 is 12.1 Å². The largest absolute Gasteiger partial charge is 0.497 e. The van der Waals surface area contributed by atoms with E-state index in [4.69, 9.17) is 18.6 Å². The molecule has 41 heavy (non-hydrogen) atoms. The van der Waals surface area contributed by atoms with Gasteiger partial charge in [0.2, 0.25) is 0 Å². The molecule has 2 aromatic carbocycles. The second kappa shape index (κ2) is 13.3. The molecule has 3 atom stereocenters. The molecular formula is C33H47NO6Si. The molecule has 3 rings (SSSR count). The zero-order valence-corrected chi connectivity index (χ0v) is 27.1. The Bertz CT molecular complexity index is 1180. The van der Waals surface area contributed by atoms with Gasteiger partial charge in [-0.1, -0.05) is 57.2 Å². The number of methoxy groups -OCH3 is 1. The molecule has 1 fully saturated rings. The Morgan fingerprint density at radius 2 is 1.68 bits per heavy atom. The standard InChI is InChI=1S/C33H47NO6Si/c1-32(2,3)40-31(36)34(26-15-17-27(37-7)18-16-26)20-19-28(24-13-11-10-12-14-24)29-21-30(35)38-22-25(29)23-39-41(8,9)33(4,5)6/h10-20,25,28-29H,21-23H2,1-9H3/b20-19-/t25-,28-,29+/m1/s1. The number of esters is 1. The van der Waals surface area contributed by atoms with E-state index in [-0.39, 0.29) is 35.2 Å². The third-order valence-corrected chi connectivity index (χ3v) is 12.5. The minimum Gasteiger partial charge on any atom is -0.497 e. The molecule has 0 unspecified atom stereocenters. The fourth-order valence-corrected chi connectivity index (χ4v) is 5.59. The van der Waals surface area contributed by atoms with Crippen LogP contribution in [0.3, 0.4) is 0 Å². The molecule has 7 nitrogen and oxygen atoms in total. The summed E-state index contributed by atoms with van der Waals surface area (Å²) in [7, 11) is -0.411. The van der Waals surface area contributed by atoms with E-state index in [1.165, 1.54) is 4.90 Å². The summed E-state index contributed by atoms with van der Waals surface area (Å²) >= 11 is 0. The predicted molar refractivity (Wildman–Crippen MR) is 166 cm³/mol. The molecule has 1 heterocycles. The van der Waals surface area contributed by atoms with Gasteiger partial charge < -0.3 is 18.6 Å². The van der Waals surface area contributed by atoms with Gasteiger partial charge in [0.1, 0.15) is 11.4 Å². The monoisotopic (exact) mass is 581 g/mol. The molecule has 1 aliphatic heterocycles. The van der Waals surface area contributed by atoms with E-state index in [0.717, 1.165) is 5.56 Å². The van der Waals surface area contributed by atoms with Crippen molar-refractivity contribution in [2.75, 3.05) is 25.2 Å². The number of hydrogen-bond acceptors (Lipinski definition) is 6. The van der Waals surface area contributed by atoms with Crippen LogP contribution in [-0.2, 0) is 18.7 Å². The van der Waals surface area contributed by atoms with Crippen molar-refractivity contribution in [3.8, 4) is 5.75 Å². The summed E-state index contributed by atoms with van der Waals surface area (Å²) in [6.45, 7) is 17.5. The van der Waals surface area contributed by atoms with Gasteiger partial charge in [0, 0.05) is 31.1 Å². The van der Waals surface area contributed by atoms with Crippen molar-refractivity contribution in [3.05, 3.63) is 72.4 Å². The lowest BCUT2D eigenvalue weighted by Gasteiger charge is -2.40. The highest BCUT2D eigenvalue weighted by Crippen LogP contribution is 2.41. The van der Waals surface area contributed by atoms with E-state index in [2.05, 4.69) is 46.0 Å². The number of benzene rings is 2. The van der Waals surface area contributed by atoms with Crippen molar-refractivity contribution in [1.29, 1.82) is 0 Å². The van der Waals surface area contributed by atoms with Crippen LogP contribution in [0.4, 0.5) is 10.5 Å². The molecule has 8 heteroatoms. The first-order chi connectivity index (χ1) is 19.1. The zero-order chi connectivity index (χ0) is 30.4. The van der Waals surface area contributed by atoms with Crippen LogP contribution in [-0.4, -0.2) is 46.3 Å². The normalized spacial score (nSPS) is 19.0. The Kier molecular flexibility index (Phi) is 10.5. The topological polar surface area (TPSA) is 74.3 Å². The van der Waals surface area contributed by atoms with Gasteiger partial charge in [-0.15, -0.1) is 0 Å². The van der Waals surface area contributed by atoms with Gasteiger partial charge in [-0.3, -0.25) is 9.69 Å². The number of nitrogens with zero attached hydrogens (tertiary/aromatic N) is 1. The summed E-state index contributed by atoms with van der Waals surface area (Å²) in [6.07, 6.45) is 3.54. The number of carbonyl (C=O) groups is 2.